The molecule has 0 aliphatic rings. The predicted octanol–water partition coefficient (Wildman–Crippen LogP) is 3.26. The second-order valence-corrected chi connectivity index (χ2v) is 4.70. The summed E-state index contributed by atoms with van der Waals surface area (Å²) in [7, 11) is 0. The molecule has 3 nitrogen and oxygen atoms in total. The van der Waals surface area contributed by atoms with Crippen LogP contribution < -0.4 is 11.1 Å². The number of hydrogen-bond donors (Lipinski definition) is 2. The molecule has 3 heteroatoms. The van der Waals surface area contributed by atoms with Gasteiger partial charge >= 0.3 is 0 Å². The van der Waals surface area contributed by atoms with Crippen LogP contribution in [0.3, 0.4) is 0 Å². The Morgan fingerprint density at radius 2 is 1.94 bits per heavy atom. The molecule has 1 aromatic rings. The molecule has 0 aromatic heterocycles. The predicted molar refractivity (Wildman–Crippen MR) is 73.0 cm³/mol. The van der Waals surface area contributed by atoms with E-state index in [-0.39, 0.29) is 11.8 Å². The molecular formula is C14H22N2O. The van der Waals surface area contributed by atoms with Gasteiger partial charge in [-0.25, -0.2) is 0 Å². The van der Waals surface area contributed by atoms with E-state index in [1.807, 2.05) is 32.9 Å². The molecule has 1 amide bonds. The smallest absolute Gasteiger partial charge is 0.227 e. The van der Waals surface area contributed by atoms with Gasteiger partial charge in [-0.1, -0.05) is 20.3 Å². The molecule has 0 saturated carbocycles. The van der Waals surface area contributed by atoms with Gasteiger partial charge in [0.1, 0.15) is 0 Å². The summed E-state index contributed by atoms with van der Waals surface area (Å²) in [4.78, 5) is 11.9. The number of rotatable bonds is 4. The van der Waals surface area contributed by atoms with Crippen LogP contribution in [0.25, 0.3) is 0 Å². The van der Waals surface area contributed by atoms with Gasteiger partial charge in [-0.15, -0.1) is 0 Å². The van der Waals surface area contributed by atoms with Crippen LogP contribution in [0.15, 0.2) is 12.1 Å². The molecule has 1 atom stereocenters. The van der Waals surface area contributed by atoms with E-state index in [0.29, 0.717) is 5.69 Å². The van der Waals surface area contributed by atoms with E-state index in [2.05, 4.69) is 12.2 Å². The van der Waals surface area contributed by atoms with E-state index in [1.165, 1.54) is 0 Å². The minimum atomic E-state index is 0.0287. The van der Waals surface area contributed by atoms with E-state index < -0.39 is 0 Å². The summed E-state index contributed by atoms with van der Waals surface area (Å²) in [6.07, 6.45) is 1.91. The van der Waals surface area contributed by atoms with Crippen molar-refractivity contribution in [1.29, 1.82) is 0 Å². The Morgan fingerprint density at radius 1 is 1.35 bits per heavy atom. The molecule has 0 unspecified atom stereocenters. The fourth-order valence-corrected chi connectivity index (χ4v) is 1.77. The SMILES string of the molecule is CCC[C@H](C)C(=O)Nc1cc(C)c(C)cc1N. The largest absolute Gasteiger partial charge is 0.397 e. The van der Waals surface area contributed by atoms with Crippen molar-refractivity contribution < 1.29 is 4.79 Å². The van der Waals surface area contributed by atoms with E-state index in [0.717, 1.165) is 29.7 Å². The summed E-state index contributed by atoms with van der Waals surface area (Å²) in [5.41, 5.74) is 9.53. The highest BCUT2D eigenvalue weighted by atomic mass is 16.1. The van der Waals surface area contributed by atoms with Crippen molar-refractivity contribution in [3.05, 3.63) is 23.3 Å². The molecule has 0 saturated heterocycles. The average Bonchev–Trinajstić information content (AvgIpc) is 2.26. The second kappa shape index (κ2) is 5.71. The molecule has 17 heavy (non-hydrogen) atoms. The summed E-state index contributed by atoms with van der Waals surface area (Å²) >= 11 is 0. The van der Waals surface area contributed by atoms with Crippen LogP contribution in [0.2, 0.25) is 0 Å². The lowest BCUT2D eigenvalue weighted by atomic mass is 10.0. The molecule has 0 aliphatic heterocycles. The summed E-state index contributed by atoms with van der Waals surface area (Å²) in [5.74, 6) is 0.0720. The molecule has 1 aromatic carbocycles. The number of carbonyl (C=O) groups is 1. The zero-order valence-electron chi connectivity index (χ0n) is 11.1. The van der Waals surface area contributed by atoms with E-state index in [1.54, 1.807) is 0 Å². The maximum Gasteiger partial charge on any atom is 0.227 e. The Bertz CT molecular complexity index is 413. The number of anilines is 2. The molecule has 0 radical (unpaired) electrons. The van der Waals surface area contributed by atoms with Crippen LogP contribution in [0.4, 0.5) is 11.4 Å². The van der Waals surface area contributed by atoms with Crippen LogP contribution in [0.5, 0.6) is 0 Å². The quantitative estimate of drug-likeness (QED) is 0.786. The number of nitrogens with two attached hydrogens (primary N) is 1. The lowest BCUT2D eigenvalue weighted by molar-refractivity contribution is -0.119. The Kier molecular flexibility index (Phi) is 4.55. The summed E-state index contributed by atoms with van der Waals surface area (Å²) < 4.78 is 0. The van der Waals surface area contributed by atoms with E-state index in [9.17, 15) is 4.79 Å². The van der Waals surface area contributed by atoms with Crippen molar-refractivity contribution in [2.24, 2.45) is 5.92 Å². The molecule has 3 N–H and O–H groups in total. The summed E-state index contributed by atoms with van der Waals surface area (Å²) in [6, 6.07) is 3.83. The first-order chi connectivity index (χ1) is 7.95. The van der Waals surface area contributed by atoms with E-state index >= 15 is 0 Å². The highest BCUT2D eigenvalue weighted by Crippen LogP contribution is 2.23. The number of nitrogen functional groups attached to an aromatic ring is 1. The number of nitrogens with one attached hydrogen (secondary N) is 1. The minimum Gasteiger partial charge on any atom is -0.397 e. The monoisotopic (exact) mass is 234 g/mol. The number of hydrogen-bond acceptors (Lipinski definition) is 2. The number of carbonyl (C=O) groups excluding carboxylic acids is 1. The Morgan fingerprint density at radius 3 is 2.53 bits per heavy atom. The lowest BCUT2D eigenvalue weighted by Gasteiger charge is -2.14. The second-order valence-electron chi connectivity index (χ2n) is 4.70. The number of benzene rings is 1. The fourth-order valence-electron chi connectivity index (χ4n) is 1.77. The van der Waals surface area contributed by atoms with Gasteiger partial charge in [0.25, 0.3) is 0 Å². The van der Waals surface area contributed by atoms with Gasteiger partial charge in [0.2, 0.25) is 5.91 Å². The number of amides is 1. The molecule has 94 valence electrons. The summed E-state index contributed by atoms with van der Waals surface area (Å²) in [6.45, 7) is 8.04. The van der Waals surface area contributed by atoms with Gasteiger partial charge in [-0.2, -0.15) is 0 Å². The molecule has 0 heterocycles. The Balaban J connectivity index is 2.81. The van der Waals surface area contributed by atoms with Crippen LogP contribution in [0.1, 0.15) is 37.8 Å². The van der Waals surface area contributed by atoms with Crippen LogP contribution >= 0.6 is 0 Å². The van der Waals surface area contributed by atoms with Crippen molar-refractivity contribution in [2.45, 2.75) is 40.5 Å². The first-order valence-electron chi connectivity index (χ1n) is 6.13. The fraction of sp³-hybridized carbons (Fsp3) is 0.500. The summed E-state index contributed by atoms with van der Waals surface area (Å²) in [5, 5.41) is 2.90. The van der Waals surface area contributed by atoms with Crippen molar-refractivity contribution in [3.63, 3.8) is 0 Å². The maximum atomic E-state index is 11.9. The van der Waals surface area contributed by atoms with Crippen LogP contribution in [-0.2, 0) is 4.79 Å². The van der Waals surface area contributed by atoms with Gasteiger partial charge < -0.3 is 11.1 Å². The Hall–Kier alpha value is -1.51. The van der Waals surface area contributed by atoms with Crippen LogP contribution in [-0.4, -0.2) is 5.91 Å². The van der Waals surface area contributed by atoms with Gasteiger partial charge in [-0.05, 0) is 43.5 Å². The highest BCUT2D eigenvalue weighted by molar-refractivity contribution is 5.95. The third kappa shape index (κ3) is 3.48. The zero-order valence-corrected chi connectivity index (χ0v) is 11.1. The lowest BCUT2D eigenvalue weighted by Crippen LogP contribution is -2.21. The molecule has 1 rings (SSSR count). The first-order valence-corrected chi connectivity index (χ1v) is 6.13. The first kappa shape index (κ1) is 13.6. The molecular weight excluding hydrogens is 212 g/mol. The molecule has 0 bridgehead atoms. The molecule has 0 fully saturated rings. The maximum absolute atomic E-state index is 11.9. The number of aryl methyl sites for hydroxylation is 2. The van der Waals surface area contributed by atoms with Crippen molar-refractivity contribution in [1.82, 2.24) is 0 Å². The Labute approximate surface area is 103 Å². The van der Waals surface area contributed by atoms with Crippen molar-refractivity contribution in [3.8, 4) is 0 Å². The van der Waals surface area contributed by atoms with Crippen LogP contribution in [0, 0.1) is 19.8 Å². The zero-order chi connectivity index (χ0) is 13.0. The molecule has 0 aliphatic carbocycles. The average molecular weight is 234 g/mol. The van der Waals surface area contributed by atoms with Gasteiger partial charge in [0, 0.05) is 5.92 Å². The molecule has 0 spiro atoms. The normalized spacial score (nSPS) is 12.2. The van der Waals surface area contributed by atoms with Gasteiger partial charge in [0.05, 0.1) is 11.4 Å². The highest BCUT2D eigenvalue weighted by Gasteiger charge is 2.13. The van der Waals surface area contributed by atoms with Crippen molar-refractivity contribution >= 4 is 17.3 Å². The standard InChI is InChI=1S/C14H22N2O/c1-5-6-9(2)14(17)16-13-8-11(4)10(3)7-12(13)15/h7-9H,5-6,15H2,1-4H3,(H,16,17)/t9-/m0/s1. The van der Waals surface area contributed by atoms with Gasteiger partial charge in [-0.3, -0.25) is 4.79 Å². The third-order valence-electron chi connectivity index (χ3n) is 3.09. The van der Waals surface area contributed by atoms with E-state index in [4.69, 9.17) is 5.73 Å². The minimum absolute atomic E-state index is 0.0287. The topological polar surface area (TPSA) is 55.1 Å². The third-order valence-corrected chi connectivity index (χ3v) is 3.09. The van der Waals surface area contributed by atoms with Crippen molar-refractivity contribution in [2.75, 3.05) is 11.1 Å². The van der Waals surface area contributed by atoms with Gasteiger partial charge in [0.15, 0.2) is 0 Å².